The molecule has 3 heterocycles. The number of thioether (sulfide) groups is 1. The van der Waals surface area contributed by atoms with Gasteiger partial charge in [0.15, 0.2) is 5.16 Å². The number of carbonyl (C=O) groups is 1. The van der Waals surface area contributed by atoms with Crippen LogP contribution < -0.4 is 5.56 Å². The van der Waals surface area contributed by atoms with Crippen LogP contribution in [0.5, 0.6) is 0 Å². The van der Waals surface area contributed by atoms with Gasteiger partial charge in [0.1, 0.15) is 0 Å². The van der Waals surface area contributed by atoms with E-state index in [1.54, 1.807) is 22.8 Å². The summed E-state index contributed by atoms with van der Waals surface area (Å²) in [5, 5.41) is 1.59. The minimum Gasteiger partial charge on any atom is -0.376 e. The number of hydrogen-bond acceptors (Lipinski definition) is 5. The first-order chi connectivity index (χ1) is 15.6. The van der Waals surface area contributed by atoms with Crippen LogP contribution in [0, 0.1) is 0 Å². The van der Waals surface area contributed by atoms with Gasteiger partial charge in [0.25, 0.3) is 5.56 Å². The van der Waals surface area contributed by atoms with Gasteiger partial charge in [-0.05, 0) is 48.6 Å². The van der Waals surface area contributed by atoms with Gasteiger partial charge < -0.3 is 9.64 Å². The molecular formula is C24H24ClN3O3S. The molecule has 0 N–H and O–H groups in total. The van der Waals surface area contributed by atoms with E-state index in [4.69, 9.17) is 21.3 Å². The first-order valence-electron chi connectivity index (χ1n) is 10.9. The topological polar surface area (TPSA) is 64.4 Å². The standard InChI is InChI=1S/C24H24ClN3O3S/c25-18-7-8-20-21(12-18)26-24(28(23(20)30)14-19-6-3-11-31-19)32-15-22(29)27-10-9-16-4-1-2-5-17(16)13-27/h1-2,4-5,7-8,12,19H,3,6,9-11,13-15H2. The first kappa shape index (κ1) is 21.5. The SMILES string of the molecule is O=C(CSc1nc2cc(Cl)ccc2c(=O)n1CC1CCCO1)N1CCc2ccccc2C1. The highest BCUT2D eigenvalue weighted by atomic mass is 35.5. The molecule has 0 spiro atoms. The van der Waals surface area contributed by atoms with E-state index in [2.05, 4.69) is 12.1 Å². The zero-order valence-electron chi connectivity index (χ0n) is 17.6. The lowest BCUT2D eigenvalue weighted by molar-refractivity contribution is -0.129. The smallest absolute Gasteiger partial charge is 0.262 e. The van der Waals surface area contributed by atoms with E-state index in [0.717, 1.165) is 19.3 Å². The zero-order chi connectivity index (χ0) is 22.1. The van der Waals surface area contributed by atoms with Crippen LogP contribution in [0.3, 0.4) is 0 Å². The summed E-state index contributed by atoms with van der Waals surface area (Å²) in [6.07, 6.45) is 2.77. The van der Waals surface area contributed by atoms with Crippen LogP contribution in [-0.2, 0) is 29.0 Å². The van der Waals surface area contributed by atoms with Crippen LogP contribution in [0.15, 0.2) is 52.4 Å². The van der Waals surface area contributed by atoms with Crippen LogP contribution in [0.1, 0.15) is 24.0 Å². The fourth-order valence-electron chi connectivity index (χ4n) is 4.36. The van der Waals surface area contributed by atoms with E-state index in [1.165, 1.54) is 22.9 Å². The number of halogens is 1. The Balaban J connectivity index is 1.38. The van der Waals surface area contributed by atoms with Crippen molar-refractivity contribution in [3.05, 3.63) is 69.0 Å². The quantitative estimate of drug-likeness (QED) is 0.419. The Morgan fingerprint density at radius 2 is 2.06 bits per heavy atom. The van der Waals surface area contributed by atoms with Gasteiger partial charge in [0.05, 0.1) is 29.3 Å². The van der Waals surface area contributed by atoms with Gasteiger partial charge in [-0.3, -0.25) is 14.2 Å². The molecule has 0 aliphatic carbocycles. The molecule has 0 radical (unpaired) electrons. The van der Waals surface area contributed by atoms with Crippen molar-refractivity contribution >= 4 is 40.2 Å². The average molecular weight is 470 g/mol. The summed E-state index contributed by atoms with van der Waals surface area (Å²) in [6.45, 7) is 2.49. The second-order valence-corrected chi connectivity index (χ2v) is 9.61. The molecule has 1 saturated heterocycles. The molecule has 1 atom stereocenters. The molecule has 3 aromatic rings. The monoisotopic (exact) mass is 469 g/mol. The maximum atomic E-state index is 13.2. The molecule has 8 heteroatoms. The van der Waals surface area contributed by atoms with Gasteiger partial charge in [-0.15, -0.1) is 0 Å². The minimum atomic E-state index is -0.121. The van der Waals surface area contributed by atoms with Gasteiger partial charge in [0, 0.05) is 24.7 Å². The number of ether oxygens (including phenoxy) is 1. The first-order valence-corrected chi connectivity index (χ1v) is 12.2. The molecule has 6 nitrogen and oxygen atoms in total. The summed E-state index contributed by atoms with van der Waals surface area (Å²) in [4.78, 5) is 32.8. The molecule has 1 unspecified atom stereocenters. The van der Waals surface area contributed by atoms with Crippen molar-refractivity contribution in [2.45, 2.75) is 43.6 Å². The fraction of sp³-hybridized carbons (Fsp3) is 0.375. The maximum absolute atomic E-state index is 13.2. The van der Waals surface area contributed by atoms with Crippen molar-refractivity contribution in [3.63, 3.8) is 0 Å². The second kappa shape index (κ2) is 9.25. The van der Waals surface area contributed by atoms with Crippen LogP contribution in [-0.4, -0.2) is 45.4 Å². The van der Waals surface area contributed by atoms with Crippen molar-refractivity contribution < 1.29 is 9.53 Å². The zero-order valence-corrected chi connectivity index (χ0v) is 19.2. The lowest BCUT2D eigenvalue weighted by Crippen LogP contribution is -2.37. The predicted octanol–water partition coefficient (Wildman–Crippen LogP) is 3.91. The van der Waals surface area contributed by atoms with Crippen molar-refractivity contribution in [3.8, 4) is 0 Å². The Hall–Kier alpha value is -2.35. The Labute approximate surface area is 195 Å². The number of benzene rings is 2. The molecule has 2 aliphatic rings. The lowest BCUT2D eigenvalue weighted by Gasteiger charge is -2.28. The van der Waals surface area contributed by atoms with Gasteiger partial charge in [-0.25, -0.2) is 4.98 Å². The molecule has 0 bridgehead atoms. The maximum Gasteiger partial charge on any atom is 0.262 e. The lowest BCUT2D eigenvalue weighted by atomic mass is 10.00. The van der Waals surface area contributed by atoms with Crippen LogP contribution in [0.4, 0.5) is 0 Å². The van der Waals surface area contributed by atoms with Gasteiger partial charge >= 0.3 is 0 Å². The number of aromatic nitrogens is 2. The molecule has 2 aromatic carbocycles. The molecule has 1 fully saturated rings. The third kappa shape index (κ3) is 4.42. The molecule has 166 valence electrons. The van der Waals surface area contributed by atoms with Gasteiger partial charge in [0.2, 0.25) is 5.91 Å². The van der Waals surface area contributed by atoms with Gasteiger partial charge in [-0.1, -0.05) is 47.6 Å². The van der Waals surface area contributed by atoms with E-state index in [9.17, 15) is 9.59 Å². The highest BCUT2D eigenvalue weighted by Gasteiger charge is 2.23. The molecular weight excluding hydrogens is 446 g/mol. The van der Waals surface area contributed by atoms with Crippen LogP contribution >= 0.6 is 23.4 Å². The van der Waals surface area contributed by atoms with Crippen molar-refractivity contribution in [1.29, 1.82) is 0 Å². The van der Waals surface area contributed by atoms with Crippen LogP contribution in [0.25, 0.3) is 10.9 Å². The number of fused-ring (bicyclic) bond motifs is 2. The molecule has 2 aliphatic heterocycles. The molecule has 32 heavy (non-hydrogen) atoms. The molecule has 0 saturated carbocycles. The number of amides is 1. The summed E-state index contributed by atoms with van der Waals surface area (Å²) >= 11 is 7.44. The third-order valence-corrected chi connectivity index (χ3v) is 7.30. The summed E-state index contributed by atoms with van der Waals surface area (Å²) in [5.41, 5.74) is 2.94. The Morgan fingerprint density at radius 3 is 2.88 bits per heavy atom. The third-order valence-electron chi connectivity index (χ3n) is 6.10. The second-order valence-electron chi connectivity index (χ2n) is 8.23. The van der Waals surface area contributed by atoms with Crippen LogP contribution in [0.2, 0.25) is 5.02 Å². The predicted molar refractivity (Wildman–Crippen MR) is 126 cm³/mol. The van der Waals surface area contributed by atoms with E-state index >= 15 is 0 Å². The average Bonchev–Trinajstić information content (AvgIpc) is 3.32. The van der Waals surface area contributed by atoms with E-state index in [1.807, 2.05) is 17.0 Å². The summed E-state index contributed by atoms with van der Waals surface area (Å²) in [5.74, 6) is 0.278. The summed E-state index contributed by atoms with van der Waals surface area (Å²) in [7, 11) is 0. The summed E-state index contributed by atoms with van der Waals surface area (Å²) < 4.78 is 7.42. The highest BCUT2D eigenvalue weighted by Crippen LogP contribution is 2.24. The van der Waals surface area contributed by atoms with Crippen molar-refractivity contribution in [1.82, 2.24) is 14.5 Å². The fourth-order valence-corrected chi connectivity index (χ4v) is 5.44. The van der Waals surface area contributed by atoms with E-state index < -0.39 is 0 Å². The normalized spacial score (nSPS) is 18.2. The Morgan fingerprint density at radius 1 is 1.22 bits per heavy atom. The summed E-state index contributed by atoms with van der Waals surface area (Å²) in [6, 6.07) is 13.4. The number of hydrogen-bond donors (Lipinski definition) is 0. The Bertz CT molecular complexity index is 1220. The van der Waals surface area contributed by atoms with E-state index in [0.29, 0.717) is 47.3 Å². The number of carbonyl (C=O) groups excluding carboxylic acids is 1. The minimum absolute atomic E-state index is 0.00658. The van der Waals surface area contributed by atoms with E-state index in [-0.39, 0.29) is 23.3 Å². The molecule has 1 aromatic heterocycles. The Kier molecular flexibility index (Phi) is 6.22. The molecule has 1 amide bonds. The number of nitrogens with zero attached hydrogens (tertiary/aromatic N) is 3. The number of rotatable bonds is 5. The van der Waals surface area contributed by atoms with Gasteiger partial charge in [-0.2, -0.15) is 0 Å². The largest absolute Gasteiger partial charge is 0.376 e. The molecule has 5 rings (SSSR count). The van der Waals surface area contributed by atoms with Crippen molar-refractivity contribution in [2.75, 3.05) is 18.9 Å². The highest BCUT2D eigenvalue weighted by molar-refractivity contribution is 7.99. The van der Waals surface area contributed by atoms with Crippen molar-refractivity contribution in [2.24, 2.45) is 0 Å².